The van der Waals surface area contributed by atoms with Gasteiger partial charge in [0.2, 0.25) is 0 Å². The van der Waals surface area contributed by atoms with Crippen molar-refractivity contribution in [2.45, 2.75) is 26.4 Å². The first-order valence-corrected chi connectivity index (χ1v) is 7.76. The second-order valence-electron chi connectivity index (χ2n) is 4.89. The minimum absolute atomic E-state index is 0.00184. The quantitative estimate of drug-likeness (QED) is 0.858. The predicted molar refractivity (Wildman–Crippen MR) is 84.9 cm³/mol. The van der Waals surface area contributed by atoms with Gasteiger partial charge in [0.05, 0.1) is 6.54 Å². The molecule has 0 spiro atoms. The highest BCUT2D eigenvalue weighted by molar-refractivity contribution is 7.09. The highest BCUT2D eigenvalue weighted by Gasteiger charge is 2.17. The van der Waals surface area contributed by atoms with Crippen LogP contribution in [0, 0.1) is 5.82 Å². The van der Waals surface area contributed by atoms with Crippen LogP contribution in [-0.2, 0) is 6.54 Å². The van der Waals surface area contributed by atoms with Crippen LogP contribution < -0.4 is 10.2 Å². The molecule has 1 N–H and O–H groups in total. The monoisotopic (exact) mass is 292 g/mol. The number of nitrogens with one attached hydrogen (secondary N) is 1. The molecule has 0 amide bonds. The summed E-state index contributed by atoms with van der Waals surface area (Å²) in [6, 6.07) is 9.45. The van der Waals surface area contributed by atoms with E-state index in [0.29, 0.717) is 0 Å². The molecule has 0 aliphatic carbocycles. The van der Waals surface area contributed by atoms with Crippen LogP contribution in [0.5, 0.6) is 0 Å². The van der Waals surface area contributed by atoms with E-state index in [-0.39, 0.29) is 11.9 Å². The SMILES string of the molecule is CCNC(C)c1c(F)cccc1N(C)Cc1cccs1. The predicted octanol–water partition coefficient (Wildman–Crippen LogP) is 4.19. The van der Waals surface area contributed by atoms with E-state index in [1.54, 1.807) is 17.4 Å². The molecule has 0 aliphatic rings. The average molecular weight is 292 g/mol. The van der Waals surface area contributed by atoms with Crippen molar-refractivity contribution in [3.63, 3.8) is 0 Å². The van der Waals surface area contributed by atoms with Gasteiger partial charge in [-0.05, 0) is 37.0 Å². The number of halogens is 1. The van der Waals surface area contributed by atoms with E-state index in [9.17, 15) is 4.39 Å². The van der Waals surface area contributed by atoms with Crippen LogP contribution in [0.25, 0.3) is 0 Å². The van der Waals surface area contributed by atoms with Gasteiger partial charge in [-0.15, -0.1) is 11.3 Å². The van der Waals surface area contributed by atoms with Gasteiger partial charge in [-0.3, -0.25) is 0 Å². The fraction of sp³-hybridized carbons (Fsp3) is 0.375. The summed E-state index contributed by atoms with van der Waals surface area (Å²) in [4.78, 5) is 3.39. The Hall–Kier alpha value is -1.39. The standard InChI is InChI=1S/C16H21FN2S/c1-4-18-12(2)16-14(17)8-5-9-15(16)19(3)11-13-7-6-10-20-13/h5-10,12,18H,4,11H2,1-3H3. The van der Waals surface area contributed by atoms with Crippen molar-refractivity contribution in [3.8, 4) is 0 Å². The van der Waals surface area contributed by atoms with Crippen LogP contribution >= 0.6 is 11.3 Å². The first-order chi connectivity index (χ1) is 9.63. The maximum absolute atomic E-state index is 14.2. The average Bonchev–Trinajstić information content (AvgIpc) is 2.91. The third kappa shape index (κ3) is 3.38. The first-order valence-electron chi connectivity index (χ1n) is 6.88. The Morgan fingerprint density at radius 2 is 2.10 bits per heavy atom. The zero-order chi connectivity index (χ0) is 14.5. The molecule has 4 heteroatoms. The first kappa shape index (κ1) is 15.0. The van der Waals surface area contributed by atoms with Gasteiger partial charge in [-0.2, -0.15) is 0 Å². The number of nitrogens with zero attached hydrogens (tertiary/aromatic N) is 1. The number of rotatable bonds is 6. The van der Waals surface area contributed by atoms with Gasteiger partial charge in [-0.1, -0.05) is 19.1 Å². The lowest BCUT2D eigenvalue weighted by atomic mass is 10.0. The van der Waals surface area contributed by atoms with E-state index in [1.807, 2.05) is 33.0 Å². The second-order valence-corrected chi connectivity index (χ2v) is 5.92. The van der Waals surface area contributed by atoms with Gasteiger partial charge in [0, 0.05) is 29.2 Å². The van der Waals surface area contributed by atoms with Crippen molar-refractivity contribution < 1.29 is 4.39 Å². The van der Waals surface area contributed by atoms with E-state index >= 15 is 0 Å². The van der Waals surface area contributed by atoms with Crippen LogP contribution in [0.15, 0.2) is 35.7 Å². The van der Waals surface area contributed by atoms with Crippen LogP contribution in [-0.4, -0.2) is 13.6 Å². The molecule has 2 rings (SSSR count). The fourth-order valence-corrected chi connectivity index (χ4v) is 3.17. The molecular formula is C16H21FN2S. The van der Waals surface area contributed by atoms with Crippen molar-refractivity contribution >= 4 is 17.0 Å². The Balaban J connectivity index is 2.28. The second kappa shape index (κ2) is 6.86. The van der Waals surface area contributed by atoms with Crippen molar-refractivity contribution in [1.82, 2.24) is 5.32 Å². The number of thiophene rings is 1. The molecule has 0 radical (unpaired) electrons. The van der Waals surface area contributed by atoms with Crippen molar-refractivity contribution in [3.05, 3.63) is 52.0 Å². The van der Waals surface area contributed by atoms with Crippen molar-refractivity contribution in [2.75, 3.05) is 18.5 Å². The summed E-state index contributed by atoms with van der Waals surface area (Å²) in [5.74, 6) is -0.144. The van der Waals surface area contributed by atoms with Crippen LogP contribution in [0.1, 0.15) is 30.3 Å². The third-order valence-corrected chi connectivity index (χ3v) is 4.22. The fourth-order valence-electron chi connectivity index (χ4n) is 2.42. The van der Waals surface area contributed by atoms with E-state index in [0.717, 1.165) is 24.3 Å². The lowest BCUT2D eigenvalue weighted by Gasteiger charge is -2.25. The Morgan fingerprint density at radius 3 is 2.75 bits per heavy atom. The van der Waals surface area contributed by atoms with Gasteiger partial charge in [0.25, 0.3) is 0 Å². The molecule has 1 atom stereocenters. The van der Waals surface area contributed by atoms with Crippen LogP contribution in [0.2, 0.25) is 0 Å². The normalized spacial score (nSPS) is 12.4. The van der Waals surface area contributed by atoms with Gasteiger partial charge >= 0.3 is 0 Å². The molecule has 0 saturated heterocycles. The Morgan fingerprint density at radius 1 is 1.30 bits per heavy atom. The highest BCUT2D eigenvalue weighted by Crippen LogP contribution is 2.29. The maximum atomic E-state index is 14.2. The van der Waals surface area contributed by atoms with Crippen LogP contribution in [0.4, 0.5) is 10.1 Å². The number of benzene rings is 1. The molecule has 1 heterocycles. The molecule has 0 fully saturated rings. The number of hydrogen-bond donors (Lipinski definition) is 1. The van der Waals surface area contributed by atoms with Crippen LogP contribution in [0.3, 0.4) is 0 Å². The van der Waals surface area contributed by atoms with E-state index in [1.165, 1.54) is 10.9 Å². The van der Waals surface area contributed by atoms with Gasteiger partial charge in [0.1, 0.15) is 5.82 Å². The lowest BCUT2D eigenvalue weighted by molar-refractivity contribution is 0.540. The highest BCUT2D eigenvalue weighted by atomic mass is 32.1. The molecule has 20 heavy (non-hydrogen) atoms. The summed E-state index contributed by atoms with van der Waals surface area (Å²) in [6.07, 6.45) is 0. The maximum Gasteiger partial charge on any atom is 0.130 e. The lowest BCUT2D eigenvalue weighted by Crippen LogP contribution is -2.24. The molecule has 2 nitrogen and oxygen atoms in total. The minimum Gasteiger partial charge on any atom is -0.369 e. The molecule has 0 saturated carbocycles. The topological polar surface area (TPSA) is 15.3 Å². The largest absolute Gasteiger partial charge is 0.369 e. The van der Waals surface area contributed by atoms with Gasteiger partial charge in [0.15, 0.2) is 0 Å². The molecule has 1 unspecified atom stereocenters. The van der Waals surface area contributed by atoms with Gasteiger partial charge < -0.3 is 10.2 Å². The van der Waals surface area contributed by atoms with Crippen molar-refractivity contribution in [1.29, 1.82) is 0 Å². The molecular weight excluding hydrogens is 271 g/mol. The Bertz CT molecular complexity index is 539. The summed E-state index contributed by atoms with van der Waals surface area (Å²) in [5.41, 5.74) is 1.69. The summed E-state index contributed by atoms with van der Waals surface area (Å²) >= 11 is 1.72. The van der Waals surface area contributed by atoms with Gasteiger partial charge in [-0.25, -0.2) is 4.39 Å². The smallest absolute Gasteiger partial charge is 0.130 e. The van der Waals surface area contributed by atoms with E-state index < -0.39 is 0 Å². The van der Waals surface area contributed by atoms with E-state index in [4.69, 9.17) is 0 Å². The summed E-state index contributed by atoms with van der Waals surface area (Å²) in [6.45, 7) is 5.66. The third-order valence-electron chi connectivity index (χ3n) is 3.36. The Labute approximate surface area is 124 Å². The molecule has 1 aromatic carbocycles. The number of hydrogen-bond acceptors (Lipinski definition) is 3. The zero-order valence-corrected chi connectivity index (χ0v) is 13.0. The number of anilines is 1. The molecule has 1 aromatic heterocycles. The minimum atomic E-state index is -0.144. The van der Waals surface area contributed by atoms with E-state index in [2.05, 4.69) is 21.7 Å². The summed E-state index contributed by atoms with van der Waals surface area (Å²) < 4.78 is 14.2. The summed E-state index contributed by atoms with van der Waals surface area (Å²) in [7, 11) is 2.01. The van der Waals surface area contributed by atoms with Crippen molar-refractivity contribution in [2.24, 2.45) is 0 Å². The molecule has 0 aliphatic heterocycles. The molecule has 108 valence electrons. The molecule has 0 bridgehead atoms. The zero-order valence-electron chi connectivity index (χ0n) is 12.2. The Kier molecular flexibility index (Phi) is 5.15. The molecule has 2 aromatic rings. The summed E-state index contributed by atoms with van der Waals surface area (Å²) in [5, 5.41) is 5.36.